The number of hydrogen-bond donors (Lipinski definition) is 1. The number of hydrogen-bond acceptors (Lipinski definition) is 2. The van der Waals surface area contributed by atoms with E-state index in [-0.39, 0.29) is 4.90 Å². The van der Waals surface area contributed by atoms with Gasteiger partial charge in [-0.2, -0.15) is 0 Å². The molecule has 0 aliphatic heterocycles. The molecule has 0 fully saturated rings. The van der Waals surface area contributed by atoms with Crippen LogP contribution in [-0.4, -0.2) is 0 Å². The van der Waals surface area contributed by atoms with Gasteiger partial charge in [-0.15, -0.1) is 0 Å². The fraction of sp³-hybridized carbons (Fsp3) is 0.0769. The molecule has 0 atom stereocenters. The van der Waals surface area contributed by atoms with Gasteiger partial charge in [-0.25, -0.2) is 8.78 Å². The van der Waals surface area contributed by atoms with E-state index in [1.54, 1.807) is 6.07 Å². The first-order valence-corrected chi connectivity index (χ1v) is 5.86. The first-order chi connectivity index (χ1) is 8.04. The summed E-state index contributed by atoms with van der Waals surface area (Å²) in [7, 11) is 0. The molecule has 0 aliphatic carbocycles. The first kappa shape index (κ1) is 11.9. The van der Waals surface area contributed by atoms with Gasteiger partial charge >= 0.3 is 0 Å². The number of anilines is 1. The fourth-order valence-corrected chi connectivity index (χ4v) is 2.55. The molecule has 0 aliphatic rings. The zero-order valence-corrected chi connectivity index (χ0v) is 10.0. The summed E-state index contributed by atoms with van der Waals surface area (Å²) in [6, 6.07) is 8.85. The zero-order chi connectivity index (χ0) is 12.4. The van der Waals surface area contributed by atoms with E-state index < -0.39 is 11.6 Å². The Morgan fingerprint density at radius 3 is 2.53 bits per heavy atom. The van der Waals surface area contributed by atoms with E-state index in [9.17, 15) is 8.78 Å². The summed E-state index contributed by atoms with van der Waals surface area (Å²) in [5, 5.41) is 0. The fourth-order valence-electron chi connectivity index (χ4n) is 1.52. The van der Waals surface area contributed by atoms with E-state index in [4.69, 9.17) is 5.73 Å². The molecular formula is C13H11F2NS. The van der Waals surface area contributed by atoms with Crippen LogP contribution in [0, 0.1) is 18.6 Å². The van der Waals surface area contributed by atoms with E-state index in [0.717, 1.165) is 34.4 Å². The molecule has 1 nitrogen and oxygen atoms in total. The van der Waals surface area contributed by atoms with Gasteiger partial charge in [0, 0.05) is 10.6 Å². The van der Waals surface area contributed by atoms with E-state index in [1.165, 1.54) is 6.07 Å². The van der Waals surface area contributed by atoms with Crippen LogP contribution in [0.15, 0.2) is 46.2 Å². The summed E-state index contributed by atoms with van der Waals surface area (Å²) >= 11 is 1.16. The number of benzene rings is 2. The average Bonchev–Trinajstić information content (AvgIpc) is 2.22. The van der Waals surface area contributed by atoms with Crippen molar-refractivity contribution in [2.75, 3.05) is 5.73 Å². The smallest absolute Gasteiger partial charge is 0.137 e. The Balaban J connectivity index is 2.34. The van der Waals surface area contributed by atoms with Crippen molar-refractivity contribution < 1.29 is 8.78 Å². The highest BCUT2D eigenvalue weighted by Crippen LogP contribution is 2.32. The molecule has 17 heavy (non-hydrogen) atoms. The Morgan fingerprint density at radius 2 is 1.82 bits per heavy atom. The van der Waals surface area contributed by atoms with Crippen LogP contribution in [0.3, 0.4) is 0 Å². The number of aryl methyl sites for hydroxylation is 1. The molecule has 0 saturated carbocycles. The van der Waals surface area contributed by atoms with Gasteiger partial charge in [0.15, 0.2) is 0 Å². The Kier molecular flexibility index (Phi) is 3.33. The zero-order valence-electron chi connectivity index (χ0n) is 9.21. The summed E-state index contributed by atoms with van der Waals surface area (Å²) in [5.74, 6) is -0.883. The third-order valence-corrected chi connectivity index (χ3v) is 3.20. The van der Waals surface area contributed by atoms with Crippen molar-refractivity contribution in [3.63, 3.8) is 0 Å². The number of nitrogen functional groups attached to an aromatic ring is 1. The maximum Gasteiger partial charge on any atom is 0.137 e. The Hall–Kier alpha value is -1.55. The molecule has 0 radical (unpaired) electrons. The van der Waals surface area contributed by atoms with Gasteiger partial charge in [0.2, 0.25) is 0 Å². The van der Waals surface area contributed by atoms with Crippen LogP contribution in [0.25, 0.3) is 0 Å². The molecular weight excluding hydrogens is 240 g/mol. The van der Waals surface area contributed by atoms with Gasteiger partial charge in [0.05, 0.1) is 4.90 Å². The summed E-state index contributed by atoms with van der Waals surface area (Å²) in [6.45, 7) is 1.91. The number of rotatable bonds is 2. The Bertz CT molecular complexity index is 535. The molecule has 2 aromatic rings. The summed E-state index contributed by atoms with van der Waals surface area (Å²) in [6.07, 6.45) is 0. The normalized spacial score (nSPS) is 10.5. The van der Waals surface area contributed by atoms with Crippen LogP contribution in [-0.2, 0) is 0 Å². The van der Waals surface area contributed by atoms with Crippen molar-refractivity contribution in [2.24, 2.45) is 0 Å². The van der Waals surface area contributed by atoms with Crippen LogP contribution in [0.4, 0.5) is 14.5 Å². The molecule has 0 unspecified atom stereocenters. The molecule has 0 heterocycles. The van der Waals surface area contributed by atoms with Gasteiger partial charge in [0.25, 0.3) is 0 Å². The van der Waals surface area contributed by atoms with Crippen LogP contribution >= 0.6 is 11.8 Å². The van der Waals surface area contributed by atoms with Gasteiger partial charge in [0.1, 0.15) is 11.6 Å². The van der Waals surface area contributed by atoms with Crippen molar-refractivity contribution >= 4 is 17.4 Å². The van der Waals surface area contributed by atoms with E-state index in [2.05, 4.69) is 0 Å². The molecule has 0 aromatic heterocycles. The predicted octanol–water partition coefficient (Wildman–Crippen LogP) is 4.01. The second-order valence-corrected chi connectivity index (χ2v) is 4.87. The molecule has 88 valence electrons. The van der Waals surface area contributed by atoms with E-state index >= 15 is 0 Å². The number of nitrogens with two attached hydrogens (primary N) is 1. The van der Waals surface area contributed by atoms with Crippen LogP contribution in [0.5, 0.6) is 0 Å². The second kappa shape index (κ2) is 4.75. The highest BCUT2D eigenvalue weighted by atomic mass is 32.2. The molecule has 0 saturated heterocycles. The third-order valence-electron chi connectivity index (χ3n) is 2.19. The molecule has 2 rings (SSSR count). The SMILES string of the molecule is Cc1cc(N)cc(Sc2cc(F)ccc2F)c1. The van der Waals surface area contributed by atoms with Crippen molar-refractivity contribution in [3.05, 3.63) is 53.6 Å². The van der Waals surface area contributed by atoms with Crippen molar-refractivity contribution in [1.82, 2.24) is 0 Å². The second-order valence-electron chi connectivity index (χ2n) is 3.76. The summed E-state index contributed by atoms with van der Waals surface area (Å²) < 4.78 is 26.4. The van der Waals surface area contributed by atoms with Gasteiger partial charge in [-0.3, -0.25) is 0 Å². The largest absolute Gasteiger partial charge is 0.399 e. The standard InChI is InChI=1S/C13H11F2NS/c1-8-4-10(16)7-11(5-8)17-13-6-9(14)2-3-12(13)15/h2-7H,16H2,1H3. The first-order valence-electron chi connectivity index (χ1n) is 5.04. The number of halogens is 2. The van der Waals surface area contributed by atoms with Crippen LogP contribution in [0.1, 0.15) is 5.56 Å². The average molecular weight is 251 g/mol. The molecule has 2 aromatic carbocycles. The predicted molar refractivity (Wildman–Crippen MR) is 66.1 cm³/mol. The molecule has 0 bridgehead atoms. The lowest BCUT2D eigenvalue weighted by molar-refractivity contribution is 0.577. The monoisotopic (exact) mass is 251 g/mol. The summed E-state index contributed by atoms with van der Waals surface area (Å²) in [5.41, 5.74) is 7.31. The van der Waals surface area contributed by atoms with Crippen molar-refractivity contribution in [3.8, 4) is 0 Å². The third kappa shape index (κ3) is 2.97. The molecule has 4 heteroatoms. The Morgan fingerprint density at radius 1 is 1.06 bits per heavy atom. The topological polar surface area (TPSA) is 26.0 Å². The van der Waals surface area contributed by atoms with E-state index in [1.807, 2.05) is 19.1 Å². The van der Waals surface area contributed by atoms with E-state index in [0.29, 0.717) is 5.69 Å². The minimum absolute atomic E-state index is 0.259. The van der Waals surface area contributed by atoms with Crippen LogP contribution in [0.2, 0.25) is 0 Å². The molecule has 0 amide bonds. The van der Waals surface area contributed by atoms with Crippen molar-refractivity contribution in [1.29, 1.82) is 0 Å². The van der Waals surface area contributed by atoms with Gasteiger partial charge in [-0.05, 0) is 48.9 Å². The Labute approximate surface area is 103 Å². The van der Waals surface area contributed by atoms with Gasteiger partial charge < -0.3 is 5.73 Å². The summed E-state index contributed by atoms with van der Waals surface area (Å²) in [4.78, 5) is 1.06. The highest BCUT2D eigenvalue weighted by Gasteiger charge is 2.06. The quantitative estimate of drug-likeness (QED) is 0.816. The van der Waals surface area contributed by atoms with Crippen molar-refractivity contribution in [2.45, 2.75) is 16.7 Å². The van der Waals surface area contributed by atoms with Gasteiger partial charge in [-0.1, -0.05) is 11.8 Å². The lowest BCUT2D eigenvalue weighted by Gasteiger charge is -2.05. The highest BCUT2D eigenvalue weighted by molar-refractivity contribution is 7.99. The molecule has 0 spiro atoms. The maximum absolute atomic E-state index is 13.4. The van der Waals surface area contributed by atoms with Crippen LogP contribution < -0.4 is 5.73 Å². The lowest BCUT2D eigenvalue weighted by atomic mass is 10.2. The minimum atomic E-state index is -0.450. The molecule has 2 N–H and O–H groups in total. The minimum Gasteiger partial charge on any atom is -0.399 e. The maximum atomic E-state index is 13.4. The lowest BCUT2D eigenvalue weighted by Crippen LogP contribution is -1.88.